The van der Waals surface area contributed by atoms with E-state index >= 15 is 0 Å². The molecular formula is C6H13B3O4. The third-order valence-corrected chi connectivity index (χ3v) is 1.78. The maximum atomic E-state index is 9.09. The van der Waals surface area contributed by atoms with Crippen molar-refractivity contribution in [2.75, 3.05) is 6.61 Å². The zero-order valence-corrected chi connectivity index (χ0v) is 7.63. The van der Waals surface area contributed by atoms with Gasteiger partial charge in [0.1, 0.15) is 18.3 Å². The molecule has 1 saturated heterocycles. The Kier molecular flexibility index (Phi) is 6.50. The van der Waals surface area contributed by atoms with Gasteiger partial charge in [0.05, 0.1) is 12.7 Å². The molecule has 4 atom stereocenters. The number of ether oxygens (including phenoxy) is 1. The summed E-state index contributed by atoms with van der Waals surface area (Å²) in [4.78, 5) is 0. The van der Waals surface area contributed by atoms with E-state index in [0.717, 1.165) is 0 Å². The van der Waals surface area contributed by atoms with Crippen molar-refractivity contribution in [2.45, 2.75) is 31.3 Å². The van der Waals surface area contributed by atoms with E-state index in [2.05, 4.69) is 15.5 Å². The first-order valence-corrected chi connectivity index (χ1v) is 4.03. The quantitative estimate of drug-likeness (QED) is 0.379. The average Bonchev–Trinajstić information content (AvgIpc) is 2.34. The van der Waals surface area contributed by atoms with E-state index in [-0.39, 0.29) is 12.7 Å². The van der Waals surface area contributed by atoms with Crippen LogP contribution in [0.25, 0.3) is 0 Å². The van der Waals surface area contributed by atoms with Crippen molar-refractivity contribution in [2.24, 2.45) is 0 Å². The summed E-state index contributed by atoms with van der Waals surface area (Å²) in [6.07, 6.45) is -2.81. The average molecular weight is 182 g/mol. The van der Waals surface area contributed by atoms with Crippen LogP contribution in [-0.4, -0.2) is 68.9 Å². The third-order valence-electron chi connectivity index (χ3n) is 1.78. The molecule has 0 bridgehead atoms. The van der Waals surface area contributed by atoms with E-state index in [1.807, 2.05) is 0 Å². The van der Waals surface area contributed by atoms with Crippen molar-refractivity contribution >= 4 is 22.5 Å². The van der Waals surface area contributed by atoms with E-state index in [0.29, 0.717) is 0 Å². The summed E-state index contributed by atoms with van der Waals surface area (Å²) in [6.45, 7) is 1.41. The highest BCUT2D eigenvalue weighted by atomic mass is 16.5. The first kappa shape index (κ1) is 13.0. The van der Waals surface area contributed by atoms with Crippen LogP contribution in [0, 0.1) is 0 Å². The fraction of sp³-hybridized carbons (Fsp3) is 1.00. The summed E-state index contributed by atoms with van der Waals surface area (Å²) in [5.74, 6) is 0. The van der Waals surface area contributed by atoms with Crippen molar-refractivity contribution in [1.82, 2.24) is 0 Å². The van der Waals surface area contributed by atoms with Gasteiger partial charge in [-0.2, -0.15) is 0 Å². The lowest BCUT2D eigenvalue weighted by atomic mass is 9.40. The van der Waals surface area contributed by atoms with Gasteiger partial charge >= 0.3 is 0 Å². The monoisotopic (exact) mass is 182 g/mol. The normalized spacial score (nSPS) is 37.8. The molecule has 13 heavy (non-hydrogen) atoms. The SMILES string of the molecule is C[C@@H]1O[C@H](CO)C(O)[C@H]1O.[B][B][BH]. The lowest BCUT2D eigenvalue weighted by Crippen LogP contribution is -2.33. The van der Waals surface area contributed by atoms with Crippen LogP contribution in [0.4, 0.5) is 0 Å². The molecule has 0 spiro atoms. The van der Waals surface area contributed by atoms with Gasteiger partial charge in [-0.25, -0.2) is 0 Å². The maximum absolute atomic E-state index is 9.09. The second kappa shape index (κ2) is 6.48. The zero-order valence-electron chi connectivity index (χ0n) is 7.63. The van der Waals surface area contributed by atoms with Gasteiger partial charge in [0.15, 0.2) is 0 Å². The first-order valence-electron chi connectivity index (χ1n) is 4.03. The van der Waals surface area contributed by atoms with Gasteiger partial charge in [0, 0.05) is 22.5 Å². The van der Waals surface area contributed by atoms with Gasteiger partial charge in [-0.15, -0.1) is 0 Å². The van der Waals surface area contributed by atoms with E-state index in [4.69, 9.17) is 20.1 Å². The smallest absolute Gasteiger partial charge is 0.111 e. The highest BCUT2D eigenvalue weighted by Crippen LogP contribution is 2.19. The predicted octanol–water partition coefficient (Wildman–Crippen LogP) is -2.92. The summed E-state index contributed by atoms with van der Waals surface area (Å²) in [7, 11) is 9.00. The number of aliphatic hydroxyl groups excluding tert-OH is 3. The molecule has 1 fully saturated rings. The molecule has 1 aliphatic rings. The standard InChI is InChI=1S/C6H12O4.B3H/c1-3-5(8)6(9)4(2-7)10-3;1-3-2/h3-9H,2H2,1H3;1H/t3-,4+,5-,6?;/m0./s1. The number of aliphatic hydroxyl groups is 3. The molecule has 1 heterocycles. The van der Waals surface area contributed by atoms with Gasteiger partial charge in [-0.05, 0) is 6.92 Å². The fourth-order valence-corrected chi connectivity index (χ4v) is 1.09. The molecule has 70 valence electrons. The van der Waals surface area contributed by atoms with E-state index < -0.39 is 18.3 Å². The van der Waals surface area contributed by atoms with Crippen LogP contribution in [0.2, 0.25) is 0 Å². The van der Waals surface area contributed by atoms with Crippen molar-refractivity contribution < 1.29 is 20.1 Å². The Morgan fingerprint density at radius 1 is 1.46 bits per heavy atom. The Labute approximate surface area is 81.3 Å². The lowest BCUT2D eigenvalue weighted by Gasteiger charge is -2.10. The number of rotatable bonds is 1. The fourth-order valence-electron chi connectivity index (χ4n) is 1.09. The van der Waals surface area contributed by atoms with Crippen LogP contribution >= 0.6 is 0 Å². The molecule has 3 N–H and O–H groups in total. The molecule has 0 saturated carbocycles. The molecule has 0 amide bonds. The van der Waals surface area contributed by atoms with Crippen LogP contribution in [0.1, 0.15) is 6.92 Å². The minimum absolute atomic E-state index is 0.247. The molecule has 4 nitrogen and oxygen atoms in total. The Bertz CT molecular complexity index is 137. The highest BCUT2D eigenvalue weighted by Gasteiger charge is 2.39. The second-order valence-electron chi connectivity index (χ2n) is 2.78. The minimum Gasteiger partial charge on any atom is -0.394 e. The van der Waals surface area contributed by atoms with E-state index in [1.54, 1.807) is 6.92 Å². The Morgan fingerprint density at radius 2 is 1.92 bits per heavy atom. The van der Waals surface area contributed by atoms with Crippen molar-refractivity contribution in [3.8, 4) is 0 Å². The maximum Gasteiger partial charge on any atom is 0.111 e. The van der Waals surface area contributed by atoms with Crippen LogP contribution in [-0.2, 0) is 4.74 Å². The Morgan fingerprint density at radius 3 is 2.08 bits per heavy atom. The Hall–Kier alpha value is 0.0348. The minimum atomic E-state index is -0.944. The molecule has 1 aliphatic heterocycles. The molecule has 4 radical (unpaired) electrons. The predicted molar refractivity (Wildman–Crippen MR) is 52.1 cm³/mol. The molecule has 0 aromatic carbocycles. The molecule has 0 aliphatic carbocycles. The molecular weight excluding hydrogens is 168 g/mol. The van der Waals surface area contributed by atoms with Gasteiger partial charge in [0.25, 0.3) is 0 Å². The lowest BCUT2D eigenvalue weighted by molar-refractivity contribution is -0.0171. The third kappa shape index (κ3) is 3.73. The van der Waals surface area contributed by atoms with Gasteiger partial charge < -0.3 is 20.1 Å². The van der Waals surface area contributed by atoms with Crippen LogP contribution in [0.5, 0.6) is 0 Å². The summed E-state index contributed by atoms with van der Waals surface area (Å²) in [5.41, 5.74) is 0. The first-order chi connectivity index (χ1) is 6.08. The topological polar surface area (TPSA) is 69.9 Å². The van der Waals surface area contributed by atoms with Crippen molar-refractivity contribution in [3.63, 3.8) is 0 Å². The highest BCUT2D eigenvalue weighted by molar-refractivity contribution is 7.17. The summed E-state index contributed by atoms with van der Waals surface area (Å²) < 4.78 is 4.98. The largest absolute Gasteiger partial charge is 0.394 e. The summed E-state index contributed by atoms with van der Waals surface area (Å²) >= 11 is 0. The zero-order chi connectivity index (χ0) is 10.4. The van der Waals surface area contributed by atoms with Gasteiger partial charge in [-0.1, -0.05) is 0 Å². The van der Waals surface area contributed by atoms with Crippen LogP contribution in [0.15, 0.2) is 0 Å². The van der Waals surface area contributed by atoms with Gasteiger partial charge in [-0.3, -0.25) is 0 Å². The Balaban J connectivity index is 0.000000424. The van der Waals surface area contributed by atoms with Crippen LogP contribution in [0.3, 0.4) is 0 Å². The van der Waals surface area contributed by atoms with Crippen molar-refractivity contribution in [3.05, 3.63) is 0 Å². The molecule has 1 rings (SSSR count). The molecule has 0 aromatic rings. The summed E-state index contributed by atoms with van der Waals surface area (Å²) in [6, 6.07) is 0. The summed E-state index contributed by atoms with van der Waals surface area (Å²) in [5, 5.41) is 26.8. The van der Waals surface area contributed by atoms with Crippen LogP contribution < -0.4 is 0 Å². The number of hydrogen-bond acceptors (Lipinski definition) is 4. The molecule has 7 heteroatoms. The second-order valence-corrected chi connectivity index (χ2v) is 2.78. The number of hydrogen-bond donors (Lipinski definition) is 3. The van der Waals surface area contributed by atoms with Crippen molar-refractivity contribution in [1.29, 1.82) is 0 Å². The molecule has 0 aromatic heterocycles. The molecule has 1 unspecified atom stereocenters. The van der Waals surface area contributed by atoms with E-state index in [9.17, 15) is 0 Å². The van der Waals surface area contributed by atoms with Gasteiger partial charge in [0.2, 0.25) is 0 Å². The van der Waals surface area contributed by atoms with E-state index in [1.165, 1.54) is 7.06 Å².